The van der Waals surface area contributed by atoms with Gasteiger partial charge in [-0.3, -0.25) is 9.59 Å². The fourth-order valence-electron chi connectivity index (χ4n) is 5.12. The standard InChI is InChI=1S/C36H46N4O6S/c1-5-9-21-40(38-47(45,46)32-13-11-10-12-14-32)26-34(42)33(24-28-15-17-31(41)18-16-28)37-35(43)29-22-27(8-4)23-30(25-29)36(44)39(19-6-2)20-7-3/h4,10-18,22-23,25,33-34,38,41-42H,5-7,9,19-21,24,26H2,1-3H3,(H,37,43). The number of nitrogens with one attached hydrogen (secondary N) is 2. The summed E-state index contributed by atoms with van der Waals surface area (Å²) in [6.07, 6.45) is 7.64. The van der Waals surface area contributed by atoms with E-state index >= 15 is 0 Å². The molecule has 2 atom stereocenters. The van der Waals surface area contributed by atoms with E-state index in [0.717, 1.165) is 24.8 Å². The zero-order chi connectivity index (χ0) is 34.4. The maximum Gasteiger partial charge on any atom is 0.253 e. The van der Waals surface area contributed by atoms with E-state index in [1.54, 1.807) is 41.3 Å². The molecule has 0 saturated carbocycles. The molecule has 0 radical (unpaired) electrons. The number of amides is 2. The average molecular weight is 663 g/mol. The maximum absolute atomic E-state index is 13.8. The van der Waals surface area contributed by atoms with E-state index in [-0.39, 0.29) is 35.1 Å². The number of aliphatic hydroxyl groups excluding tert-OH is 1. The first-order chi connectivity index (χ1) is 22.5. The lowest BCUT2D eigenvalue weighted by atomic mass is 9.99. The number of benzene rings is 3. The van der Waals surface area contributed by atoms with Crippen LogP contribution in [0.3, 0.4) is 0 Å². The minimum Gasteiger partial charge on any atom is -0.508 e. The van der Waals surface area contributed by atoms with Crippen molar-refractivity contribution in [2.24, 2.45) is 0 Å². The molecule has 2 unspecified atom stereocenters. The van der Waals surface area contributed by atoms with E-state index in [1.165, 1.54) is 41.4 Å². The van der Waals surface area contributed by atoms with Crippen molar-refractivity contribution in [2.75, 3.05) is 26.2 Å². The minimum atomic E-state index is -3.93. The van der Waals surface area contributed by atoms with Crippen LogP contribution in [0.4, 0.5) is 0 Å². The Morgan fingerprint density at radius 2 is 1.53 bits per heavy atom. The summed E-state index contributed by atoms with van der Waals surface area (Å²) >= 11 is 0. The van der Waals surface area contributed by atoms with Crippen molar-refractivity contribution in [2.45, 2.75) is 69.9 Å². The Morgan fingerprint density at radius 3 is 2.13 bits per heavy atom. The second-order valence-electron chi connectivity index (χ2n) is 11.5. The molecule has 47 heavy (non-hydrogen) atoms. The van der Waals surface area contributed by atoms with E-state index in [0.29, 0.717) is 37.2 Å². The summed E-state index contributed by atoms with van der Waals surface area (Å²) in [6.45, 7) is 7.27. The van der Waals surface area contributed by atoms with Crippen LogP contribution in [0.15, 0.2) is 77.7 Å². The van der Waals surface area contributed by atoms with Gasteiger partial charge in [-0.05, 0) is 73.7 Å². The van der Waals surface area contributed by atoms with Crippen LogP contribution in [0.25, 0.3) is 0 Å². The van der Waals surface area contributed by atoms with Gasteiger partial charge in [0.2, 0.25) is 0 Å². The molecule has 10 nitrogen and oxygen atoms in total. The first kappa shape index (κ1) is 37.2. The maximum atomic E-state index is 13.8. The second kappa shape index (κ2) is 18.2. The summed E-state index contributed by atoms with van der Waals surface area (Å²) in [5.41, 5.74) is 1.54. The third-order valence-corrected chi connectivity index (χ3v) is 8.94. The second-order valence-corrected chi connectivity index (χ2v) is 13.1. The number of hydrogen-bond donors (Lipinski definition) is 4. The van der Waals surface area contributed by atoms with Crippen LogP contribution in [0.2, 0.25) is 0 Å². The monoisotopic (exact) mass is 662 g/mol. The number of terminal acetylenes is 1. The van der Waals surface area contributed by atoms with Gasteiger partial charge in [0.1, 0.15) is 5.75 Å². The molecule has 0 bridgehead atoms. The molecular weight excluding hydrogens is 616 g/mol. The number of hydrogen-bond acceptors (Lipinski definition) is 7. The number of carbonyl (C=O) groups excluding carboxylic acids is 2. The predicted molar refractivity (Wildman–Crippen MR) is 183 cm³/mol. The summed E-state index contributed by atoms with van der Waals surface area (Å²) in [4.78, 5) is 31.6. The van der Waals surface area contributed by atoms with E-state index in [1.807, 2.05) is 20.8 Å². The SMILES string of the molecule is C#Cc1cc(C(=O)NC(Cc2ccc(O)cc2)C(O)CN(CCCC)NS(=O)(=O)c2ccccc2)cc(C(=O)N(CCC)CCC)c1. The van der Waals surface area contributed by atoms with Crippen molar-refractivity contribution >= 4 is 21.8 Å². The van der Waals surface area contributed by atoms with E-state index in [9.17, 15) is 28.2 Å². The smallest absolute Gasteiger partial charge is 0.253 e. The van der Waals surface area contributed by atoms with Gasteiger partial charge < -0.3 is 20.4 Å². The van der Waals surface area contributed by atoms with Crippen molar-refractivity contribution in [1.29, 1.82) is 0 Å². The number of carbonyl (C=O) groups is 2. The molecule has 11 heteroatoms. The number of nitrogens with zero attached hydrogens (tertiary/aromatic N) is 2. The van der Waals surface area contributed by atoms with Gasteiger partial charge in [0.25, 0.3) is 21.8 Å². The summed E-state index contributed by atoms with van der Waals surface area (Å²) < 4.78 is 26.3. The Morgan fingerprint density at radius 1 is 0.894 bits per heavy atom. The van der Waals surface area contributed by atoms with Crippen LogP contribution >= 0.6 is 0 Å². The van der Waals surface area contributed by atoms with E-state index < -0.39 is 28.1 Å². The first-order valence-electron chi connectivity index (χ1n) is 16.0. The Balaban J connectivity index is 1.92. The predicted octanol–water partition coefficient (Wildman–Crippen LogP) is 4.33. The van der Waals surface area contributed by atoms with Gasteiger partial charge in [-0.15, -0.1) is 11.3 Å². The number of sulfonamides is 1. The van der Waals surface area contributed by atoms with Crippen LogP contribution in [0, 0.1) is 12.3 Å². The van der Waals surface area contributed by atoms with Gasteiger partial charge >= 0.3 is 0 Å². The van der Waals surface area contributed by atoms with Crippen molar-refractivity contribution in [1.82, 2.24) is 20.1 Å². The molecule has 0 aromatic heterocycles. The van der Waals surface area contributed by atoms with Crippen molar-refractivity contribution in [3.05, 3.63) is 95.1 Å². The van der Waals surface area contributed by atoms with Gasteiger partial charge in [-0.25, -0.2) is 13.4 Å². The number of hydrazine groups is 1. The average Bonchev–Trinajstić information content (AvgIpc) is 3.07. The highest BCUT2D eigenvalue weighted by Crippen LogP contribution is 2.17. The van der Waals surface area contributed by atoms with E-state index in [4.69, 9.17) is 6.42 Å². The highest BCUT2D eigenvalue weighted by molar-refractivity contribution is 7.89. The van der Waals surface area contributed by atoms with Crippen LogP contribution in [0.1, 0.15) is 78.3 Å². The zero-order valence-corrected chi connectivity index (χ0v) is 28.2. The number of unbranched alkanes of at least 4 members (excludes halogenated alkanes) is 1. The van der Waals surface area contributed by atoms with Crippen molar-refractivity contribution in [3.8, 4) is 18.1 Å². The zero-order valence-electron chi connectivity index (χ0n) is 27.4. The van der Waals surface area contributed by atoms with Crippen LogP contribution in [-0.4, -0.2) is 78.7 Å². The Labute approximate surface area is 278 Å². The lowest BCUT2D eigenvalue weighted by Gasteiger charge is -2.30. The fraction of sp³-hybridized carbons (Fsp3) is 0.389. The van der Waals surface area contributed by atoms with E-state index in [2.05, 4.69) is 16.1 Å². The molecule has 0 saturated heterocycles. The summed E-state index contributed by atoms with van der Waals surface area (Å²) in [5, 5.41) is 25.7. The molecule has 0 spiro atoms. The molecule has 0 fully saturated rings. The quantitative estimate of drug-likeness (QED) is 0.117. The molecule has 2 amide bonds. The number of phenolic OH excluding ortho intramolecular Hbond substituents is 1. The van der Waals surface area contributed by atoms with Crippen molar-refractivity contribution in [3.63, 3.8) is 0 Å². The Bertz CT molecular complexity index is 1600. The lowest BCUT2D eigenvalue weighted by Crippen LogP contribution is -2.53. The Hall–Kier alpha value is -4.21. The molecule has 0 aliphatic rings. The largest absolute Gasteiger partial charge is 0.508 e. The molecule has 0 heterocycles. The van der Waals surface area contributed by atoms with Gasteiger partial charge in [-0.1, -0.05) is 63.4 Å². The molecule has 3 aromatic rings. The highest BCUT2D eigenvalue weighted by atomic mass is 32.2. The molecule has 4 N–H and O–H groups in total. The van der Waals surface area contributed by atoms with Crippen LogP contribution in [0.5, 0.6) is 5.75 Å². The summed E-state index contributed by atoms with van der Waals surface area (Å²) in [7, 11) is -3.93. The van der Waals surface area contributed by atoms with Crippen LogP contribution < -0.4 is 10.1 Å². The number of aliphatic hydroxyl groups is 1. The number of rotatable bonds is 18. The number of phenols is 1. The third-order valence-electron chi connectivity index (χ3n) is 7.55. The van der Waals surface area contributed by atoms with Crippen molar-refractivity contribution < 1.29 is 28.2 Å². The van der Waals surface area contributed by atoms with Gasteiger partial charge in [0, 0.05) is 42.9 Å². The first-order valence-corrected chi connectivity index (χ1v) is 17.5. The normalized spacial score (nSPS) is 12.7. The van der Waals surface area contributed by atoms with Gasteiger partial charge in [-0.2, -0.15) is 0 Å². The fourth-order valence-corrected chi connectivity index (χ4v) is 6.25. The molecule has 3 aromatic carbocycles. The molecule has 0 aliphatic heterocycles. The van der Waals surface area contributed by atoms with Gasteiger partial charge in [0.15, 0.2) is 0 Å². The third kappa shape index (κ3) is 11.2. The minimum absolute atomic E-state index is 0.0689. The molecule has 3 rings (SSSR count). The van der Waals surface area contributed by atoms with Gasteiger partial charge in [0.05, 0.1) is 17.0 Å². The number of aromatic hydroxyl groups is 1. The highest BCUT2D eigenvalue weighted by Gasteiger charge is 2.28. The van der Waals surface area contributed by atoms with Crippen LogP contribution in [-0.2, 0) is 16.4 Å². The Kier molecular flexibility index (Phi) is 14.4. The molecular formula is C36H46N4O6S. The molecule has 252 valence electrons. The summed E-state index contributed by atoms with van der Waals surface area (Å²) in [6, 6.07) is 18.0. The topological polar surface area (TPSA) is 139 Å². The lowest BCUT2D eigenvalue weighted by molar-refractivity contribution is 0.0614. The molecule has 0 aliphatic carbocycles. The summed E-state index contributed by atoms with van der Waals surface area (Å²) in [5.74, 6) is 1.82.